The molecule has 0 amide bonds. The first kappa shape index (κ1) is 16.5. The van der Waals surface area contributed by atoms with Gasteiger partial charge in [-0.2, -0.15) is 0 Å². The van der Waals surface area contributed by atoms with Crippen LogP contribution in [0, 0.1) is 11.6 Å². The molecule has 130 valence electrons. The van der Waals surface area contributed by atoms with Gasteiger partial charge in [0, 0.05) is 12.0 Å². The minimum Gasteiger partial charge on any atom is -0.364 e. The Morgan fingerprint density at radius 2 is 1.31 bits per heavy atom. The van der Waals surface area contributed by atoms with Crippen LogP contribution in [0.3, 0.4) is 0 Å². The van der Waals surface area contributed by atoms with Crippen LogP contribution >= 0.6 is 0 Å². The van der Waals surface area contributed by atoms with Crippen molar-refractivity contribution < 1.29 is 8.78 Å². The molecule has 3 aromatic rings. The highest BCUT2D eigenvalue weighted by atomic mass is 19.1. The molecule has 2 unspecified atom stereocenters. The average molecular weight is 348 g/mol. The Morgan fingerprint density at radius 3 is 1.92 bits per heavy atom. The molecule has 2 nitrogen and oxygen atoms in total. The Hall–Kier alpha value is -3.01. The molecule has 0 aromatic heterocycles. The molecule has 0 radical (unpaired) electrons. The summed E-state index contributed by atoms with van der Waals surface area (Å²) in [5, 5.41) is 3.38. The largest absolute Gasteiger partial charge is 0.364 e. The molecule has 2 atom stereocenters. The Labute approximate surface area is 151 Å². The van der Waals surface area contributed by atoms with Crippen LogP contribution in [0.2, 0.25) is 0 Å². The lowest BCUT2D eigenvalue weighted by atomic mass is 9.95. The average Bonchev–Trinajstić information content (AvgIpc) is 3.10. The van der Waals surface area contributed by atoms with E-state index in [0.717, 1.165) is 11.1 Å². The van der Waals surface area contributed by atoms with Crippen LogP contribution < -0.4 is 5.32 Å². The Morgan fingerprint density at radius 1 is 0.731 bits per heavy atom. The zero-order valence-electron chi connectivity index (χ0n) is 14.1. The van der Waals surface area contributed by atoms with Crippen molar-refractivity contribution >= 4 is 5.84 Å². The van der Waals surface area contributed by atoms with Gasteiger partial charge in [0.05, 0.1) is 6.04 Å². The summed E-state index contributed by atoms with van der Waals surface area (Å²) in [5.74, 6) is -0.500. The van der Waals surface area contributed by atoms with Crippen molar-refractivity contribution in [3.05, 3.63) is 107 Å². The fourth-order valence-electron chi connectivity index (χ4n) is 3.35. The van der Waals surface area contributed by atoms with Gasteiger partial charge in [-0.1, -0.05) is 66.7 Å². The molecule has 4 rings (SSSR count). The molecule has 0 bridgehead atoms. The quantitative estimate of drug-likeness (QED) is 0.706. The topological polar surface area (TPSA) is 24.4 Å². The van der Waals surface area contributed by atoms with Crippen LogP contribution in [0.15, 0.2) is 83.9 Å². The second kappa shape index (κ2) is 7.08. The summed E-state index contributed by atoms with van der Waals surface area (Å²) in [6.07, 6.45) is 0.102. The van der Waals surface area contributed by atoms with Gasteiger partial charge >= 0.3 is 0 Å². The number of nitrogens with zero attached hydrogens (tertiary/aromatic N) is 1. The summed E-state index contributed by atoms with van der Waals surface area (Å²) in [7, 11) is 0. The van der Waals surface area contributed by atoms with Gasteiger partial charge < -0.3 is 5.32 Å². The van der Waals surface area contributed by atoms with Crippen LogP contribution in [0.4, 0.5) is 8.78 Å². The first-order valence-electron chi connectivity index (χ1n) is 8.58. The molecule has 0 saturated carbocycles. The number of nitrogens with one attached hydrogen (secondary N) is 1. The van der Waals surface area contributed by atoms with Gasteiger partial charge in [-0.05, 0) is 23.3 Å². The predicted molar refractivity (Wildman–Crippen MR) is 99.0 cm³/mol. The Kier molecular flexibility index (Phi) is 4.48. The number of hydrogen-bond donors (Lipinski definition) is 1. The smallest absolute Gasteiger partial charge is 0.129 e. The maximum absolute atomic E-state index is 14.0. The lowest BCUT2D eigenvalue weighted by molar-refractivity contribution is 0.560. The van der Waals surface area contributed by atoms with Crippen molar-refractivity contribution in [1.29, 1.82) is 0 Å². The summed E-state index contributed by atoms with van der Waals surface area (Å²) in [4.78, 5) is 4.77. The van der Waals surface area contributed by atoms with E-state index < -0.39 is 11.6 Å². The first-order valence-corrected chi connectivity index (χ1v) is 8.58. The van der Waals surface area contributed by atoms with E-state index in [0.29, 0.717) is 5.84 Å². The van der Waals surface area contributed by atoms with Crippen LogP contribution in [0.5, 0.6) is 0 Å². The van der Waals surface area contributed by atoms with E-state index in [2.05, 4.69) is 5.32 Å². The van der Waals surface area contributed by atoms with Crippen molar-refractivity contribution in [2.24, 2.45) is 4.99 Å². The van der Waals surface area contributed by atoms with Gasteiger partial charge in [-0.25, -0.2) is 8.78 Å². The van der Waals surface area contributed by atoms with Crippen LogP contribution in [0.1, 0.15) is 28.8 Å². The molecule has 3 aromatic carbocycles. The molecule has 0 spiro atoms. The van der Waals surface area contributed by atoms with Crippen molar-refractivity contribution in [3.8, 4) is 0 Å². The van der Waals surface area contributed by atoms with Gasteiger partial charge in [0.15, 0.2) is 0 Å². The van der Waals surface area contributed by atoms with Gasteiger partial charge in [0.2, 0.25) is 0 Å². The third-order valence-electron chi connectivity index (χ3n) is 4.64. The van der Waals surface area contributed by atoms with E-state index in [1.54, 1.807) is 0 Å². The normalized spacial score (nSPS) is 19.1. The summed E-state index contributed by atoms with van der Waals surface area (Å²) < 4.78 is 28.0. The van der Waals surface area contributed by atoms with Crippen LogP contribution in [-0.4, -0.2) is 5.84 Å². The highest BCUT2D eigenvalue weighted by Crippen LogP contribution is 2.36. The number of halogens is 2. The van der Waals surface area contributed by atoms with Gasteiger partial charge in [-0.15, -0.1) is 0 Å². The highest BCUT2D eigenvalue weighted by molar-refractivity contribution is 5.87. The van der Waals surface area contributed by atoms with E-state index in [4.69, 9.17) is 4.99 Å². The molecule has 0 fully saturated rings. The molecular weight excluding hydrogens is 330 g/mol. The Balaban J connectivity index is 1.68. The maximum atomic E-state index is 14.0. The molecular formula is C22H18F2N2. The van der Waals surface area contributed by atoms with Crippen LogP contribution in [-0.2, 0) is 6.42 Å². The van der Waals surface area contributed by atoms with E-state index in [-0.39, 0.29) is 24.1 Å². The lowest BCUT2D eigenvalue weighted by Gasteiger charge is -2.19. The van der Waals surface area contributed by atoms with E-state index in [9.17, 15) is 8.78 Å². The van der Waals surface area contributed by atoms with Gasteiger partial charge in [-0.3, -0.25) is 4.99 Å². The Bertz CT molecular complexity index is 903. The fourth-order valence-corrected chi connectivity index (χ4v) is 3.35. The minimum absolute atomic E-state index is 0.0410. The zero-order chi connectivity index (χ0) is 17.9. The van der Waals surface area contributed by atoms with Crippen molar-refractivity contribution in [2.75, 3.05) is 0 Å². The van der Waals surface area contributed by atoms with Crippen molar-refractivity contribution in [2.45, 2.75) is 18.5 Å². The molecule has 26 heavy (non-hydrogen) atoms. The lowest BCUT2D eigenvalue weighted by Crippen LogP contribution is -2.26. The van der Waals surface area contributed by atoms with Crippen molar-refractivity contribution in [3.63, 3.8) is 0 Å². The standard InChI is InChI=1S/C22H18F2N2/c23-18-12-7-13-19(24)17(18)14-20-25-21(15-8-3-1-4-9-15)22(26-20)16-10-5-2-6-11-16/h1-13,21-22H,14H2,(H,25,26). The van der Waals surface area contributed by atoms with E-state index in [1.807, 2.05) is 60.7 Å². The third kappa shape index (κ3) is 3.23. The number of aliphatic imine (C=N–C) groups is 1. The molecule has 1 aliphatic rings. The molecule has 1 heterocycles. The number of benzene rings is 3. The first-order chi connectivity index (χ1) is 12.7. The molecule has 1 N–H and O–H groups in total. The summed E-state index contributed by atoms with van der Waals surface area (Å²) >= 11 is 0. The fraction of sp³-hybridized carbons (Fsp3) is 0.136. The van der Waals surface area contributed by atoms with Crippen LogP contribution in [0.25, 0.3) is 0 Å². The van der Waals surface area contributed by atoms with Gasteiger partial charge in [0.25, 0.3) is 0 Å². The number of amidine groups is 1. The molecule has 0 saturated heterocycles. The molecule has 4 heteroatoms. The van der Waals surface area contributed by atoms with Gasteiger partial charge in [0.1, 0.15) is 23.5 Å². The number of rotatable bonds is 4. The SMILES string of the molecule is Fc1cccc(F)c1CC1=NC(c2ccccc2)C(c2ccccc2)N1. The summed E-state index contributed by atoms with van der Waals surface area (Å²) in [6, 6.07) is 23.7. The maximum Gasteiger partial charge on any atom is 0.129 e. The second-order valence-electron chi connectivity index (χ2n) is 6.34. The van der Waals surface area contributed by atoms with E-state index >= 15 is 0 Å². The zero-order valence-corrected chi connectivity index (χ0v) is 14.1. The monoisotopic (exact) mass is 348 g/mol. The predicted octanol–water partition coefficient (Wildman–Crippen LogP) is 4.99. The highest BCUT2D eigenvalue weighted by Gasteiger charge is 2.31. The van der Waals surface area contributed by atoms with E-state index in [1.165, 1.54) is 18.2 Å². The minimum atomic E-state index is -0.547. The van der Waals surface area contributed by atoms with Crippen molar-refractivity contribution in [1.82, 2.24) is 5.32 Å². The number of hydrogen-bond acceptors (Lipinski definition) is 2. The summed E-state index contributed by atoms with van der Waals surface area (Å²) in [6.45, 7) is 0. The molecule has 0 aliphatic carbocycles. The second-order valence-corrected chi connectivity index (χ2v) is 6.34. The summed E-state index contributed by atoms with van der Waals surface area (Å²) in [5.41, 5.74) is 2.20. The molecule has 1 aliphatic heterocycles. The third-order valence-corrected chi connectivity index (χ3v) is 4.64.